The second kappa shape index (κ2) is 9.58. The van der Waals surface area contributed by atoms with E-state index in [1.54, 1.807) is 10.6 Å². The summed E-state index contributed by atoms with van der Waals surface area (Å²) < 4.78 is 1.69. The van der Waals surface area contributed by atoms with Crippen LogP contribution in [0.1, 0.15) is 17.5 Å². The molecule has 1 saturated heterocycles. The Bertz CT molecular complexity index is 1390. The van der Waals surface area contributed by atoms with Gasteiger partial charge in [0.25, 0.3) is 5.56 Å². The van der Waals surface area contributed by atoms with Gasteiger partial charge in [0.15, 0.2) is 5.69 Å². The highest BCUT2D eigenvalue weighted by atomic mass is 16.1. The minimum Gasteiger partial charge on any atom is -0.369 e. The molecule has 4 aromatic rings. The van der Waals surface area contributed by atoms with Crippen molar-refractivity contribution in [2.45, 2.75) is 19.8 Å². The molecule has 1 aliphatic rings. The molecule has 0 atom stereocenters. The SMILES string of the molecule is [C-]#[N+]c1ccc2[nH]cc(CCCN3CCN(c4ccc(-n5ccc(C)cc5=O)cc4)CC3)c2c1. The number of anilines is 1. The van der Waals surface area contributed by atoms with E-state index in [4.69, 9.17) is 6.57 Å². The van der Waals surface area contributed by atoms with Crippen molar-refractivity contribution in [3.05, 3.63) is 99.9 Å². The van der Waals surface area contributed by atoms with Gasteiger partial charge in [-0.3, -0.25) is 14.3 Å². The predicted molar refractivity (Wildman–Crippen MR) is 138 cm³/mol. The number of piperazine rings is 1. The van der Waals surface area contributed by atoms with E-state index >= 15 is 0 Å². The molecule has 2 aromatic heterocycles. The van der Waals surface area contributed by atoms with Crippen molar-refractivity contribution < 1.29 is 0 Å². The average Bonchev–Trinajstić information content (AvgIpc) is 3.27. The molecule has 2 aromatic carbocycles. The first-order valence-corrected chi connectivity index (χ1v) is 11.9. The maximum absolute atomic E-state index is 12.3. The van der Waals surface area contributed by atoms with Crippen molar-refractivity contribution >= 4 is 22.3 Å². The Morgan fingerprint density at radius 3 is 2.47 bits per heavy atom. The molecule has 3 heterocycles. The number of fused-ring (bicyclic) bond motifs is 1. The molecule has 0 spiro atoms. The van der Waals surface area contributed by atoms with Gasteiger partial charge in [-0.2, -0.15) is 0 Å². The van der Waals surface area contributed by atoms with Crippen LogP contribution in [0.4, 0.5) is 11.4 Å². The van der Waals surface area contributed by atoms with Crippen molar-refractivity contribution in [2.75, 3.05) is 37.6 Å². The molecule has 6 nitrogen and oxygen atoms in total. The lowest BCUT2D eigenvalue weighted by Gasteiger charge is -2.36. The highest BCUT2D eigenvalue weighted by molar-refractivity contribution is 5.86. The van der Waals surface area contributed by atoms with Crippen LogP contribution >= 0.6 is 0 Å². The van der Waals surface area contributed by atoms with Gasteiger partial charge < -0.3 is 9.88 Å². The number of H-pyrrole nitrogens is 1. The van der Waals surface area contributed by atoms with Gasteiger partial charge in [-0.25, -0.2) is 4.85 Å². The highest BCUT2D eigenvalue weighted by Gasteiger charge is 2.17. The van der Waals surface area contributed by atoms with E-state index in [9.17, 15) is 4.79 Å². The molecule has 34 heavy (non-hydrogen) atoms. The number of aromatic nitrogens is 2. The highest BCUT2D eigenvalue weighted by Crippen LogP contribution is 2.25. The van der Waals surface area contributed by atoms with E-state index in [-0.39, 0.29) is 5.56 Å². The van der Waals surface area contributed by atoms with E-state index in [0.29, 0.717) is 5.69 Å². The van der Waals surface area contributed by atoms with Gasteiger partial charge in [0.05, 0.1) is 6.57 Å². The average molecular weight is 452 g/mol. The fourth-order valence-electron chi connectivity index (χ4n) is 4.78. The third-order valence-corrected chi connectivity index (χ3v) is 6.74. The van der Waals surface area contributed by atoms with Crippen molar-refractivity contribution in [1.29, 1.82) is 0 Å². The van der Waals surface area contributed by atoms with Gasteiger partial charge in [0.2, 0.25) is 0 Å². The maximum Gasteiger partial charge on any atom is 0.255 e. The number of pyridine rings is 1. The van der Waals surface area contributed by atoms with Gasteiger partial charge in [-0.05, 0) is 85.3 Å². The summed E-state index contributed by atoms with van der Waals surface area (Å²) in [4.78, 5) is 24.1. The molecule has 172 valence electrons. The Morgan fingerprint density at radius 1 is 0.971 bits per heavy atom. The minimum absolute atomic E-state index is 0.000768. The second-order valence-electron chi connectivity index (χ2n) is 9.02. The molecule has 1 aliphatic heterocycles. The summed E-state index contributed by atoms with van der Waals surface area (Å²) in [5.41, 5.74) is 6.18. The number of aryl methyl sites for hydroxylation is 2. The molecule has 1 fully saturated rings. The molecule has 0 saturated carbocycles. The first-order chi connectivity index (χ1) is 16.6. The maximum atomic E-state index is 12.3. The molecule has 0 bridgehead atoms. The standard InChI is InChI=1S/C28H29N5O/c1-21-11-13-33(28(34)18-21)25-8-6-24(7-9-25)32-16-14-31(15-17-32)12-3-4-22-20-30-27-10-5-23(29-2)19-26(22)27/h5-11,13,18-20,30H,3-4,12,14-17H2,1H3. The van der Waals surface area contributed by atoms with E-state index in [2.05, 4.69) is 38.0 Å². The number of hydrogen-bond donors (Lipinski definition) is 1. The Hall–Kier alpha value is -3.82. The lowest BCUT2D eigenvalue weighted by molar-refractivity contribution is 0.255. The fourth-order valence-corrected chi connectivity index (χ4v) is 4.78. The Morgan fingerprint density at radius 2 is 1.74 bits per heavy atom. The minimum atomic E-state index is 0.000768. The van der Waals surface area contributed by atoms with Crippen LogP contribution in [-0.2, 0) is 6.42 Å². The third-order valence-electron chi connectivity index (χ3n) is 6.74. The van der Waals surface area contributed by atoms with Crippen LogP contribution in [0.15, 0.2) is 71.8 Å². The monoisotopic (exact) mass is 451 g/mol. The number of nitrogens with one attached hydrogen (secondary N) is 1. The van der Waals surface area contributed by atoms with Crippen LogP contribution in [-0.4, -0.2) is 47.2 Å². The number of benzene rings is 2. The van der Waals surface area contributed by atoms with Crippen LogP contribution in [0.25, 0.3) is 21.4 Å². The molecule has 0 unspecified atom stereocenters. The number of rotatable bonds is 6. The van der Waals surface area contributed by atoms with E-state index in [0.717, 1.165) is 62.3 Å². The normalized spacial score (nSPS) is 14.4. The summed E-state index contributed by atoms with van der Waals surface area (Å²) in [5.74, 6) is 0. The summed E-state index contributed by atoms with van der Waals surface area (Å²) in [6.07, 6.45) is 6.05. The Kier molecular flexibility index (Phi) is 6.20. The summed E-state index contributed by atoms with van der Waals surface area (Å²) >= 11 is 0. The lowest BCUT2D eigenvalue weighted by Crippen LogP contribution is -2.46. The lowest BCUT2D eigenvalue weighted by atomic mass is 10.1. The zero-order valence-corrected chi connectivity index (χ0v) is 19.5. The summed E-state index contributed by atoms with van der Waals surface area (Å²) in [7, 11) is 0. The van der Waals surface area contributed by atoms with Crippen LogP contribution in [0.3, 0.4) is 0 Å². The number of nitrogens with zero attached hydrogens (tertiary/aromatic N) is 4. The zero-order chi connectivity index (χ0) is 23.5. The summed E-state index contributed by atoms with van der Waals surface area (Å²) in [5, 5.41) is 1.18. The Balaban J connectivity index is 1.13. The van der Waals surface area contributed by atoms with E-state index in [1.165, 1.54) is 16.6 Å². The smallest absolute Gasteiger partial charge is 0.255 e. The van der Waals surface area contributed by atoms with Gasteiger partial charge in [-0.1, -0.05) is 6.07 Å². The van der Waals surface area contributed by atoms with Crippen LogP contribution in [0, 0.1) is 13.5 Å². The van der Waals surface area contributed by atoms with Crippen LogP contribution in [0.5, 0.6) is 0 Å². The van der Waals surface area contributed by atoms with E-state index < -0.39 is 0 Å². The van der Waals surface area contributed by atoms with Crippen LogP contribution in [0.2, 0.25) is 0 Å². The summed E-state index contributed by atoms with van der Waals surface area (Å²) in [6.45, 7) is 14.4. The van der Waals surface area contributed by atoms with Crippen molar-refractivity contribution in [3.8, 4) is 5.69 Å². The zero-order valence-electron chi connectivity index (χ0n) is 19.5. The summed E-state index contributed by atoms with van der Waals surface area (Å²) in [6, 6.07) is 17.8. The van der Waals surface area contributed by atoms with Gasteiger partial charge in [-0.15, -0.1) is 0 Å². The Labute approximate surface area is 199 Å². The number of aromatic amines is 1. The molecule has 6 heteroatoms. The molecule has 1 N–H and O–H groups in total. The van der Waals surface area contributed by atoms with Crippen molar-refractivity contribution in [1.82, 2.24) is 14.5 Å². The first kappa shape index (κ1) is 22.0. The predicted octanol–water partition coefficient (Wildman–Crippen LogP) is 4.93. The molecule has 0 radical (unpaired) electrons. The number of hydrogen-bond acceptors (Lipinski definition) is 3. The van der Waals surface area contributed by atoms with E-state index in [1.807, 2.05) is 49.5 Å². The quantitative estimate of drug-likeness (QED) is 0.423. The van der Waals surface area contributed by atoms with Gasteiger partial charge >= 0.3 is 0 Å². The molecule has 0 amide bonds. The molecule has 5 rings (SSSR count). The third kappa shape index (κ3) is 4.61. The fraction of sp³-hybridized carbons (Fsp3) is 0.286. The molecular weight excluding hydrogens is 422 g/mol. The van der Waals surface area contributed by atoms with Gasteiger partial charge in [0, 0.05) is 61.5 Å². The largest absolute Gasteiger partial charge is 0.369 e. The topological polar surface area (TPSA) is 48.6 Å². The first-order valence-electron chi connectivity index (χ1n) is 11.9. The van der Waals surface area contributed by atoms with Crippen molar-refractivity contribution in [2.24, 2.45) is 0 Å². The van der Waals surface area contributed by atoms with Crippen molar-refractivity contribution in [3.63, 3.8) is 0 Å². The second-order valence-corrected chi connectivity index (χ2v) is 9.02. The molecule has 0 aliphatic carbocycles. The molecular formula is C28H29N5O. The van der Waals surface area contributed by atoms with Crippen LogP contribution < -0.4 is 10.5 Å². The van der Waals surface area contributed by atoms with Gasteiger partial charge in [0.1, 0.15) is 0 Å².